The fourth-order valence-electron chi connectivity index (χ4n) is 2.86. The Kier molecular flexibility index (Phi) is 4.79. The van der Waals surface area contributed by atoms with Gasteiger partial charge in [-0.2, -0.15) is 5.10 Å². The molecule has 1 saturated carbocycles. The quantitative estimate of drug-likeness (QED) is 0.867. The van der Waals surface area contributed by atoms with Crippen LogP contribution in [0.5, 0.6) is 0 Å². The van der Waals surface area contributed by atoms with Gasteiger partial charge in [0.25, 0.3) is 0 Å². The second-order valence-corrected chi connectivity index (χ2v) is 7.65. The van der Waals surface area contributed by atoms with E-state index < -0.39 is 22.2 Å². The van der Waals surface area contributed by atoms with Crippen molar-refractivity contribution in [1.29, 1.82) is 0 Å². The second kappa shape index (κ2) is 6.82. The average Bonchev–Trinajstić information content (AvgIpc) is 3.00. The van der Waals surface area contributed by atoms with Gasteiger partial charge in [0.05, 0.1) is 18.8 Å². The summed E-state index contributed by atoms with van der Waals surface area (Å²) in [5.74, 6) is 0. The van der Waals surface area contributed by atoms with Crippen molar-refractivity contribution in [2.24, 2.45) is 0 Å². The first kappa shape index (κ1) is 16.2. The van der Waals surface area contributed by atoms with Crippen molar-refractivity contribution in [1.82, 2.24) is 14.5 Å². The molecule has 1 heterocycles. The van der Waals surface area contributed by atoms with Gasteiger partial charge in [-0.05, 0) is 18.4 Å². The van der Waals surface area contributed by atoms with E-state index in [0.717, 1.165) is 18.4 Å². The number of nitrogens with zero attached hydrogens (tertiary/aromatic N) is 2. The highest BCUT2D eigenvalue weighted by Crippen LogP contribution is 2.20. The summed E-state index contributed by atoms with van der Waals surface area (Å²) in [6, 6.07) is 9.32. The van der Waals surface area contributed by atoms with Crippen LogP contribution in [0.15, 0.2) is 47.6 Å². The predicted molar refractivity (Wildman–Crippen MR) is 86.4 cm³/mol. The summed E-state index contributed by atoms with van der Waals surface area (Å²) in [6.45, 7) is 0.516. The highest BCUT2D eigenvalue weighted by atomic mass is 32.2. The van der Waals surface area contributed by atoms with Gasteiger partial charge in [0, 0.05) is 12.2 Å². The van der Waals surface area contributed by atoms with Crippen LogP contribution >= 0.6 is 0 Å². The van der Waals surface area contributed by atoms with E-state index in [9.17, 15) is 13.5 Å². The molecule has 0 radical (unpaired) electrons. The Bertz CT molecular complexity index is 743. The summed E-state index contributed by atoms with van der Waals surface area (Å²) in [6.07, 6.45) is 5.42. The van der Waals surface area contributed by atoms with E-state index >= 15 is 0 Å². The molecule has 6 nitrogen and oxygen atoms in total. The number of aliphatic hydroxyl groups excluding tert-OH is 1. The molecule has 7 heteroatoms. The van der Waals surface area contributed by atoms with E-state index in [2.05, 4.69) is 9.82 Å². The van der Waals surface area contributed by atoms with Gasteiger partial charge in [-0.25, -0.2) is 13.1 Å². The minimum absolute atomic E-state index is 0.131. The fraction of sp³-hybridized carbons (Fsp3) is 0.438. The minimum atomic E-state index is -3.66. The van der Waals surface area contributed by atoms with Crippen molar-refractivity contribution in [3.63, 3.8) is 0 Å². The summed E-state index contributed by atoms with van der Waals surface area (Å²) in [5, 5.41) is 14.1. The lowest BCUT2D eigenvalue weighted by molar-refractivity contribution is 0.101. The summed E-state index contributed by atoms with van der Waals surface area (Å²) >= 11 is 0. The minimum Gasteiger partial charge on any atom is -0.391 e. The number of aliphatic hydroxyl groups is 1. The number of hydrogen-bond donors (Lipinski definition) is 2. The molecule has 0 aliphatic heterocycles. The smallest absolute Gasteiger partial charge is 0.244 e. The van der Waals surface area contributed by atoms with Gasteiger partial charge in [-0.1, -0.05) is 43.2 Å². The summed E-state index contributed by atoms with van der Waals surface area (Å²) in [5.41, 5.74) is 1.05. The summed E-state index contributed by atoms with van der Waals surface area (Å²) in [4.78, 5) is 0.131. The molecule has 1 aliphatic rings. The first-order chi connectivity index (χ1) is 11.0. The largest absolute Gasteiger partial charge is 0.391 e. The zero-order chi connectivity index (χ0) is 16.3. The molecule has 124 valence electrons. The molecule has 1 aromatic carbocycles. The molecule has 1 fully saturated rings. The van der Waals surface area contributed by atoms with Gasteiger partial charge < -0.3 is 5.11 Å². The van der Waals surface area contributed by atoms with Crippen LogP contribution in [0, 0.1) is 0 Å². The van der Waals surface area contributed by atoms with Crippen molar-refractivity contribution in [2.75, 3.05) is 0 Å². The Hall–Kier alpha value is -1.70. The Morgan fingerprint density at radius 1 is 1.22 bits per heavy atom. The lowest BCUT2D eigenvalue weighted by atomic mass is 9.93. The Labute approximate surface area is 136 Å². The normalized spacial score (nSPS) is 22.1. The number of nitrogens with one attached hydrogen (secondary N) is 1. The zero-order valence-corrected chi connectivity index (χ0v) is 13.6. The third-order valence-corrected chi connectivity index (χ3v) is 5.59. The van der Waals surface area contributed by atoms with E-state index in [1.165, 1.54) is 12.4 Å². The molecule has 2 N–H and O–H groups in total. The molecule has 1 aliphatic carbocycles. The van der Waals surface area contributed by atoms with Crippen LogP contribution in [-0.4, -0.2) is 35.5 Å². The Balaban J connectivity index is 1.71. The van der Waals surface area contributed by atoms with E-state index in [4.69, 9.17) is 0 Å². The van der Waals surface area contributed by atoms with Crippen molar-refractivity contribution in [2.45, 2.75) is 49.3 Å². The molecule has 2 aromatic rings. The SMILES string of the molecule is O=S(=O)(NC1CCCCC1O)c1cnn(Cc2ccccc2)c1. The molecule has 2 atom stereocenters. The molecule has 0 saturated heterocycles. The lowest BCUT2D eigenvalue weighted by Gasteiger charge is -2.27. The molecule has 23 heavy (non-hydrogen) atoms. The van der Waals surface area contributed by atoms with Gasteiger partial charge in [-0.3, -0.25) is 4.68 Å². The van der Waals surface area contributed by atoms with Gasteiger partial charge >= 0.3 is 0 Å². The van der Waals surface area contributed by atoms with E-state index in [0.29, 0.717) is 19.4 Å². The van der Waals surface area contributed by atoms with Gasteiger partial charge in [0.15, 0.2) is 0 Å². The number of rotatable bonds is 5. The zero-order valence-electron chi connectivity index (χ0n) is 12.8. The van der Waals surface area contributed by atoms with Gasteiger partial charge in [0.1, 0.15) is 4.90 Å². The highest BCUT2D eigenvalue weighted by Gasteiger charge is 2.28. The number of hydrogen-bond acceptors (Lipinski definition) is 4. The van der Waals surface area contributed by atoms with Crippen LogP contribution in [-0.2, 0) is 16.6 Å². The number of sulfonamides is 1. The fourth-order valence-corrected chi connectivity index (χ4v) is 4.11. The van der Waals surface area contributed by atoms with Crippen LogP contribution in [0.3, 0.4) is 0 Å². The molecular formula is C16H21N3O3S. The van der Waals surface area contributed by atoms with Crippen LogP contribution in [0.4, 0.5) is 0 Å². The predicted octanol–water partition coefficient (Wildman–Crippen LogP) is 1.51. The third kappa shape index (κ3) is 3.99. The second-order valence-electron chi connectivity index (χ2n) is 5.94. The standard InChI is InChI=1S/C16H21N3O3S/c20-16-9-5-4-8-15(16)18-23(21,22)14-10-17-19(12-14)11-13-6-2-1-3-7-13/h1-3,6-7,10,12,15-16,18,20H,4-5,8-9,11H2. The van der Waals surface area contributed by atoms with Crippen molar-refractivity contribution >= 4 is 10.0 Å². The van der Waals surface area contributed by atoms with Crippen LogP contribution in [0.25, 0.3) is 0 Å². The van der Waals surface area contributed by atoms with E-state index in [-0.39, 0.29) is 4.90 Å². The first-order valence-electron chi connectivity index (χ1n) is 7.81. The maximum Gasteiger partial charge on any atom is 0.244 e. The van der Waals surface area contributed by atoms with Crippen LogP contribution < -0.4 is 4.72 Å². The van der Waals surface area contributed by atoms with Crippen LogP contribution in [0.2, 0.25) is 0 Å². The number of benzene rings is 1. The topological polar surface area (TPSA) is 84.2 Å². The highest BCUT2D eigenvalue weighted by molar-refractivity contribution is 7.89. The molecular weight excluding hydrogens is 314 g/mol. The van der Waals surface area contributed by atoms with Gasteiger partial charge in [0.2, 0.25) is 10.0 Å². The average molecular weight is 335 g/mol. The molecule has 0 spiro atoms. The molecule has 1 aromatic heterocycles. The molecule has 3 rings (SSSR count). The van der Waals surface area contributed by atoms with Gasteiger partial charge in [-0.15, -0.1) is 0 Å². The number of aromatic nitrogens is 2. The summed E-state index contributed by atoms with van der Waals surface area (Å²) in [7, 11) is -3.66. The third-order valence-electron chi connectivity index (χ3n) is 4.14. The monoisotopic (exact) mass is 335 g/mol. The maximum absolute atomic E-state index is 12.4. The summed E-state index contributed by atoms with van der Waals surface area (Å²) < 4.78 is 29.1. The van der Waals surface area contributed by atoms with Crippen molar-refractivity contribution in [3.05, 3.63) is 48.3 Å². The van der Waals surface area contributed by atoms with E-state index in [1.54, 1.807) is 4.68 Å². The molecule has 0 bridgehead atoms. The molecule has 0 amide bonds. The van der Waals surface area contributed by atoms with Crippen molar-refractivity contribution in [3.8, 4) is 0 Å². The first-order valence-corrected chi connectivity index (χ1v) is 9.30. The van der Waals surface area contributed by atoms with Crippen molar-refractivity contribution < 1.29 is 13.5 Å². The Morgan fingerprint density at radius 2 is 1.96 bits per heavy atom. The Morgan fingerprint density at radius 3 is 2.70 bits per heavy atom. The lowest BCUT2D eigenvalue weighted by Crippen LogP contribution is -2.44. The maximum atomic E-state index is 12.4. The van der Waals surface area contributed by atoms with E-state index in [1.807, 2.05) is 30.3 Å². The molecule has 2 unspecified atom stereocenters. The van der Waals surface area contributed by atoms with Crippen LogP contribution in [0.1, 0.15) is 31.2 Å².